The largest absolute Gasteiger partial charge is 0.508 e. The summed E-state index contributed by atoms with van der Waals surface area (Å²) in [6, 6.07) is 0. The molecule has 0 heterocycles. The number of unbranched alkanes of at least 4 members (excludes halogenated alkanes) is 18. The maximum absolute atomic E-state index is 12.7. The predicted molar refractivity (Wildman–Crippen MR) is 218 cm³/mol. The Balaban J connectivity index is 2.42. The standard InChI is InChI=1S/C45H84O9/c1-37(2)28-22-16-10-7-13-19-25-33-49-43(46)52-40-31-32-41(53-44(47)50-34-26-20-14-8-11-17-23-29-38(3)4)42(36-40)54-45(48)51-35-27-21-15-9-12-18-24-30-39(5)6/h37-42H,7-36H2,1-6H3. The van der Waals surface area contributed by atoms with Crippen molar-refractivity contribution in [2.45, 2.75) is 233 Å². The van der Waals surface area contributed by atoms with Gasteiger partial charge in [-0.15, -0.1) is 0 Å². The summed E-state index contributed by atoms with van der Waals surface area (Å²) in [6.45, 7) is 14.5. The van der Waals surface area contributed by atoms with Crippen LogP contribution in [-0.2, 0) is 28.4 Å². The van der Waals surface area contributed by atoms with E-state index in [1.165, 1.54) is 96.3 Å². The van der Waals surface area contributed by atoms with Crippen LogP contribution in [0.15, 0.2) is 0 Å². The van der Waals surface area contributed by atoms with Gasteiger partial charge in [0.05, 0.1) is 19.8 Å². The fourth-order valence-electron chi connectivity index (χ4n) is 7.00. The quantitative estimate of drug-likeness (QED) is 0.0366. The maximum Gasteiger partial charge on any atom is 0.508 e. The molecule has 1 fully saturated rings. The molecule has 1 rings (SSSR count). The number of rotatable bonds is 33. The lowest BCUT2D eigenvalue weighted by atomic mass is 9.92. The van der Waals surface area contributed by atoms with Gasteiger partial charge in [-0.2, -0.15) is 0 Å². The molecule has 0 radical (unpaired) electrons. The predicted octanol–water partition coefficient (Wildman–Crippen LogP) is 14.1. The fraction of sp³-hybridized carbons (Fsp3) is 0.933. The molecular formula is C45H84O9. The zero-order valence-corrected chi connectivity index (χ0v) is 35.9. The lowest BCUT2D eigenvalue weighted by Crippen LogP contribution is -2.43. The van der Waals surface area contributed by atoms with E-state index < -0.39 is 36.8 Å². The summed E-state index contributed by atoms with van der Waals surface area (Å²) < 4.78 is 33.0. The SMILES string of the molecule is CC(C)CCCCCCCCCOC(=O)OC1CCC(OC(=O)OCCCCCCCCCC(C)C)C(OC(=O)OCCCCCCCCCC(C)C)C1. The molecule has 0 amide bonds. The average molecular weight is 769 g/mol. The van der Waals surface area contributed by atoms with E-state index in [2.05, 4.69) is 41.5 Å². The molecule has 0 N–H and O–H groups in total. The first-order chi connectivity index (χ1) is 26.1. The summed E-state index contributed by atoms with van der Waals surface area (Å²) in [6.07, 6.45) is 24.4. The minimum atomic E-state index is -0.821. The topological polar surface area (TPSA) is 107 Å². The molecule has 3 unspecified atom stereocenters. The van der Waals surface area contributed by atoms with E-state index in [-0.39, 0.29) is 13.0 Å². The first-order valence-corrected chi connectivity index (χ1v) is 22.6. The van der Waals surface area contributed by atoms with Crippen molar-refractivity contribution in [2.75, 3.05) is 19.8 Å². The van der Waals surface area contributed by atoms with Crippen LogP contribution in [0.4, 0.5) is 14.4 Å². The number of hydrogen-bond acceptors (Lipinski definition) is 9. The van der Waals surface area contributed by atoms with Crippen LogP contribution in [0.3, 0.4) is 0 Å². The Morgan fingerprint density at radius 2 is 0.685 bits per heavy atom. The van der Waals surface area contributed by atoms with Crippen LogP contribution >= 0.6 is 0 Å². The van der Waals surface area contributed by atoms with Gasteiger partial charge in [-0.05, 0) is 49.9 Å². The monoisotopic (exact) mass is 769 g/mol. The second-order valence-corrected chi connectivity index (χ2v) is 17.1. The van der Waals surface area contributed by atoms with Crippen molar-refractivity contribution in [1.82, 2.24) is 0 Å². The van der Waals surface area contributed by atoms with Crippen molar-refractivity contribution in [3.8, 4) is 0 Å². The second kappa shape index (κ2) is 34.1. The third-order valence-corrected chi connectivity index (χ3v) is 10.4. The van der Waals surface area contributed by atoms with Gasteiger partial charge in [-0.3, -0.25) is 0 Å². The molecule has 1 saturated carbocycles. The van der Waals surface area contributed by atoms with Gasteiger partial charge >= 0.3 is 18.5 Å². The Morgan fingerprint density at radius 3 is 1.04 bits per heavy atom. The van der Waals surface area contributed by atoms with Gasteiger partial charge < -0.3 is 28.4 Å². The Labute approximate surface area is 331 Å². The molecule has 1 aliphatic carbocycles. The van der Waals surface area contributed by atoms with Gasteiger partial charge in [-0.1, -0.05) is 176 Å². The molecule has 318 valence electrons. The van der Waals surface area contributed by atoms with E-state index in [1.54, 1.807) is 0 Å². The van der Waals surface area contributed by atoms with Gasteiger partial charge in [0.15, 0.2) is 0 Å². The van der Waals surface area contributed by atoms with Crippen LogP contribution in [0.25, 0.3) is 0 Å². The Bertz CT molecular complexity index is 906. The summed E-state index contributed by atoms with van der Waals surface area (Å²) in [5.41, 5.74) is 0. The highest BCUT2D eigenvalue weighted by Crippen LogP contribution is 2.28. The highest BCUT2D eigenvalue weighted by atomic mass is 16.8. The summed E-state index contributed by atoms with van der Waals surface area (Å²) >= 11 is 0. The lowest BCUT2D eigenvalue weighted by molar-refractivity contribution is -0.0983. The van der Waals surface area contributed by atoms with Gasteiger partial charge in [0, 0.05) is 6.42 Å². The van der Waals surface area contributed by atoms with Crippen LogP contribution in [-0.4, -0.2) is 56.6 Å². The first-order valence-electron chi connectivity index (χ1n) is 22.6. The molecule has 9 nitrogen and oxygen atoms in total. The smallest absolute Gasteiger partial charge is 0.434 e. The molecule has 0 aromatic carbocycles. The third-order valence-electron chi connectivity index (χ3n) is 10.4. The van der Waals surface area contributed by atoms with Crippen molar-refractivity contribution >= 4 is 18.5 Å². The molecule has 3 atom stereocenters. The zero-order valence-electron chi connectivity index (χ0n) is 35.9. The van der Waals surface area contributed by atoms with Gasteiger partial charge in [-0.25, -0.2) is 14.4 Å². The molecular weight excluding hydrogens is 684 g/mol. The third kappa shape index (κ3) is 31.1. The molecule has 0 aromatic rings. The summed E-state index contributed by atoms with van der Waals surface area (Å²) in [5.74, 6) is 2.31. The van der Waals surface area contributed by atoms with Gasteiger partial charge in [0.25, 0.3) is 0 Å². The van der Waals surface area contributed by atoms with E-state index in [0.717, 1.165) is 75.5 Å². The number of ether oxygens (including phenoxy) is 6. The molecule has 0 aliphatic heterocycles. The van der Waals surface area contributed by atoms with Crippen molar-refractivity contribution < 1.29 is 42.8 Å². The highest BCUT2D eigenvalue weighted by Gasteiger charge is 2.38. The molecule has 0 bridgehead atoms. The Hall–Kier alpha value is -2.19. The summed E-state index contributed by atoms with van der Waals surface area (Å²) in [5, 5.41) is 0. The minimum absolute atomic E-state index is 0.187. The number of carbonyl (C=O) groups is 3. The average Bonchev–Trinajstić information content (AvgIpc) is 3.11. The van der Waals surface area contributed by atoms with Crippen molar-refractivity contribution in [1.29, 1.82) is 0 Å². The fourth-order valence-corrected chi connectivity index (χ4v) is 7.00. The van der Waals surface area contributed by atoms with Crippen LogP contribution in [0.2, 0.25) is 0 Å². The van der Waals surface area contributed by atoms with Crippen LogP contribution in [0.5, 0.6) is 0 Å². The van der Waals surface area contributed by atoms with Crippen molar-refractivity contribution in [3.63, 3.8) is 0 Å². The van der Waals surface area contributed by atoms with Crippen LogP contribution in [0.1, 0.15) is 215 Å². The van der Waals surface area contributed by atoms with E-state index in [0.29, 0.717) is 26.1 Å². The van der Waals surface area contributed by atoms with E-state index in [1.807, 2.05) is 0 Å². The van der Waals surface area contributed by atoms with E-state index in [9.17, 15) is 14.4 Å². The Kier molecular flexibility index (Phi) is 31.5. The highest BCUT2D eigenvalue weighted by molar-refractivity contribution is 5.62. The van der Waals surface area contributed by atoms with Gasteiger partial charge in [0.2, 0.25) is 0 Å². The lowest BCUT2D eigenvalue weighted by Gasteiger charge is -2.33. The minimum Gasteiger partial charge on any atom is -0.434 e. The second-order valence-electron chi connectivity index (χ2n) is 17.1. The molecule has 0 saturated heterocycles. The molecule has 9 heteroatoms. The van der Waals surface area contributed by atoms with E-state index >= 15 is 0 Å². The van der Waals surface area contributed by atoms with Crippen LogP contribution in [0, 0.1) is 17.8 Å². The summed E-state index contributed by atoms with van der Waals surface area (Å²) in [4.78, 5) is 37.8. The normalized spacial score (nSPS) is 17.2. The van der Waals surface area contributed by atoms with Crippen molar-refractivity contribution in [2.24, 2.45) is 17.8 Å². The van der Waals surface area contributed by atoms with Gasteiger partial charge in [0.1, 0.15) is 18.3 Å². The molecule has 54 heavy (non-hydrogen) atoms. The van der Waals surface area contributed by atoms with E-state index in [4.69, 9.17) is 28.4 Å². The van der Waals surface area contributed by atoms with Crippen molar-refractivity contribution in [3.05, 3.63) is 0 Å². The number of hydrogen-bond donors (Lipinski definition) is 0. The number of carbonyl (C=O) groups excluding carboxylic acids is 3. The molecule has 1 aliphatic rings. The summed E-state index contributed by atoms with van der Waals surface area (Å²) in [7, 11) is 0. The van der Waals surface area contributed by atoms with Crippen LogP contribution < -0.4 is 0 Å². The Morgan fingerprint density at radius 1 is 0.389 bits per heavy atom. The maximum atomic E-state index is 12.7. The first kappa shape index (κ1) is 49.8. The zero-order chi connectivity index (χ0) is 39.7. The molecule has 0 spiro atoms. The molecule has 0 aromatic heterocycles.